The molecule has 1 aliphatic carbocycles. The van der Waals surface area contributed by atoms with Gasteiger partial charge in [0.1, 0.15) is 0 Å². The predicted octanol–water partition coefficient (Wildman–Crippen LogP) is 3.38. The second kappa shape index (κ2) is 6.11. The summed E-state index contributed by atoms with van der Waals surface area (Å²) in [5.74, 6) is -0.763. The largest absolute Gasteiger partial charge is 0.451 e. The summed E-state index contributed by atoms with van der Waals surface area (Å²) in [7, 11) is 0. The Kier molecular flexibility index (Phi) is 4.45. The maximum absolute atomic E-state index is 12.4. The fourth-order valence-electron chi connectivity index (χ4n) is 2.04. The lowest BCUT2D eigenvalue weighted by molar-refractivity contribution is -0.148. The molecule has 1 unspecified atom stereocenters. The number of benzene rings is 1. The molecule has 1 aliphatic rings. The van der Waals surface area contributed by atoms with Gasteiger partial charge in [-0.05, 0) is 36.6 Å². The van der Waals surface area contributed by atoms with Crippen molar-refractivity contribution in [2.75, 3.05) is 0 Å². The predicted molar refractivity (Wildman–Crippen MR) is 69.2 cm³/mol. The zero-order valence-electron chi connectivity index (χ0n) is 11.0. The van der Waals surface area contributed by atoms with E-state index in [1.165, 1.54) is 18.2 Å². The first-order valence-electron chi connectivity index (χ1n) is 6.45. The van der Waals surface area contributed by atoms with E-state index in [9.17, 15) is 22.8 Å². The van der Waals surface area contributed by atoms with E-state index >= 15 is 0 Å². The summed E-state index contributed by atoms with van der Waals surface area (Å²) in [6, 6.07) is 4.39. The summed E-state index contributed by atoms with van der Waals surface area (Å²) in [5, 5.41) is 0. The molecule has 112 valence electrons. The van der Waals surface area contributed by atoms with Gasteiger partial charge in [0, 0.05) is 12.5 Å². The van der Waals surface area contributed by atoms with Gasteiger partial charge in [0.2, 0.25) is 0 Å². The molecule has 0 heterocycles. The van der Waals surface area contributed by atoms with Crippen LogP contribution in [0.15, 0.2) is 30.3 Å². The number of Topliss-reactive ketones (excluding diaryl/α,β-unsaturated/α-hetero) is 1. The van der Waals surface area contributed by atoms with Crippen LogP contribution in [0.3, 0.4) is 0 Å². The Morgan fingerprint density at radius 3 is 2.43 bits per heavy atom. The molecule has 6 heteroatoms. The minimum atomic E-state index is -4.38. The zero-order chi connectivity index (χ0) is 15.5. The molecule has 0 radical (unpaired) electrons. The van der Waals surface area contributed by atoms with Crippen LogP contribution in [-0.4, -0.2) is 17.9 Å². The standard InChI is InChI=1S/C15H13F3O3/c16-15(17,18)11-7-4-10(5-8-11)6-9-14(20)21-13-3-1-2-12(13)19/h4-9,13H,1-3H2. The van der Waals surface area contributed by atoms with Crippen molar-refractivity contribution in [3.8, 4) is 0 Å². The molecule has 0 aliphatic heterocycles. The summed E-state index contributed by atoms with van der Waals surface area (Å²) in [6.07, 6.45) is -0.964. The molecule has 1 fully saturated rings. The number of rotatable bonds is 3. The second-order valence-electron chi connectivity index (χ2n) is 4.74. The third kappa shape index (κ3) is 4.18. The Bertz CT molecular complexity index is 559. The van der Waals surface area contributed by atoms with Crippen molar-refractivity contribution in [1.29, 1.82) is 0 Å². The molecule has 1 saturated carbocycles. The molecule has 3 nitrogen and oxygen atoms in total. The Labute approximate surface area is 119 Å². The van der Waals surface area contributed by atoms with Crippen LogP contribution < -0.4 is 0 Å². The molecule has 0 N–H and O–H groups in total. The van der Waals surface area contributed by atoms with Gasteiger partial charge in [0.25, 0.3) is 0 Å². The van der Waals surface area contributed by atoms with Crippen LogP contribution in [0.4, 0.5) is 13.2 Å². The number of hydrogen-bond donors (Lipinski definition) is 0. The van der Waals surface area contributed by atoms with Gasteiger partial charge in [-0.25, -0.2) is 4.79 Å². The number of alkyl halides is 3. The Morgan fingerprint density at radius 1 is 1.24 bits per heavy atom. The van der Waals surface area contributed by atoms with Crippen LogP contribution in [0, 0.1) is 0 Å². The normalized spacial score (nSPS) is 19.2. The van der Waals surface area contributed by atoms with Gasteiger partial charge in [-0.15, -0.1) is 0 Å². The van der Waals surface area contributed by atoms with E-state index in [-0.39, 0.29) is 5.78 Å². The highest BCUT2D eigenvalue weighted by Crippen LogP contribution is 2.29. The molecule has 0 aromatic heterocycles. The quantitative estimate of drug-likeness (QED) is 0.634. The van der Waals surface area contributed by atoms with Crippen molar-refractivity contribution in [3.05, 3.63) is 41.5 Å². The van der Waals surface area contributed by atoms with Gasteiger partial charge < -0.3 is 4.74 Å². The SMILES string of the molecule is O=C(C=Cc1ccc(C(F)(F)F)cc1)OC1CCCC1=O. The maximum Gasteiger partial charge on any atom is 0.416 e. The number of carbonyl (C=O) groups excluding carboxylic acids is 2. The average molecular weight is 298 g/mol. The van der Waals surface area contributed by atoms with Crippen LogP contribution in [0.2, 0.25) is 0 Å². The summed E-state index contributed by atoms with van der Waals surface area (Å²) in [4.78, 5) is 22.8. The van der Waals surface area contributed by atoms with E-state index < -0.39 is 23.8 Å². The van der Waals surface area contributed by atoms with E-state index in [1.807, 2.05) is 0 Å². The summed E-state index contributed by atoms with van der Waals surface area (Å²) in [5.41, 5.74) is -0.309. The molecule has 21 heavy (non-hydrogen) atoms. The van der Waals surface area contributed by atoms with Gasteiger partial charge in [-0.1, -0.05) is 12.1 Å². The van der Waals surface area contributed by atoms with Gasteiger partial charge >= 0.3 is 12.1 Å². The molecule has 1 atom stereocenters. The highest BCUT2D eigenvalue weighted by molar-refractivity contribution is 5.91. The molecule has 0 bridgehead atoms. The number of esters is 1. The first-order valence-corrected chi connectivity index (χ1v) is 6.45. The summed E-state index contributed by atoms with van der Waals surface area (Å²) < 4.78 is 42.1. The maximum atomic E-state index is 12.4. The molecule has 1 aromatic carbocycles. The number of hydrogen-bond acceptors (Lipinski definition) is 3. The first-order chi connectivity index (χ1) is 9.86. The van der Waals surface area contributed by atoms with Crippen molar-refractivity contribution < 1.29 is 27.5 Å². The van der Waals surface area contributed by atoms with Crippen LogP contribution in [0.5, 0.6) is 0 Å². The zero-order valence-corrected chi connectivity index (χ0v) is 11.0. The lowest BCUT2D eigenvalue weighted by atomic mass is 10.1. The minimum Gasteiger partial charge on any atom is -0.451 e. The fraction of sp³-hybridized carbons (Fsp3) is 0.333. The van der Waals surface area contributed by atoms with E-state index in [4.69, 9.17) is 4.74 Å². The van der Waals surface area contributed by atoms with Gasteiger partial charge in [0.15, 0.2) is 11.9 Å². The van der Waals surface area contributed by atoms with Crippen molar-refractivity contribution in [1.82, 2.24) is 0 Å². The van der Waals surface area contributed by atoms with Gasteiger partial charge in [0.05, 0.1) is 5.56 Å². The smallest absolute Gasteiger partial charge is 0.416 e. The van der Waals surface area contributed by atoms with Crippen LogP contribution in [-0.2, 0) is 20.5 Å². The summed E-state index contributed by atoms with van der Waals surface area (Å²) >= 11 is 0. The monoisotopic (exact) mass is 298 g/mol. The van der Waals surface area contributed by atoms with Crippen molar-refractivity contribution >= 4 is 17.8 Å². The molecule has 0 amide bonds. The van der Waals surface area contributed by atoms with Crippen molar-refractivity contribution in [2.24, 2.45) is 0 Å². The van der Waals surface area contributed by atoms with Crippen LogP contribution in [0.25, 0.3) is 6.08 Å². The topological polar surface area (TPSA) is 43.4 Å². The van der Waals surface area contributed by atoms with E-state index in [0.717, 1.165) is 18.2 Å². The average Bonchev–Trinajstić information content (AvgIpc) is 2.81. The van der Waals surface area contributed by atoms with Crippen molar-refractivity contribution in [3.63, 3.8) is 0 Å². The van der Waals surface area contributed by atoms with E-state index in [2.05, 4.69) is 0 Å². The summed E-state index contributed by atoms with van der Waals surface area (Å²) in [6.45, 7) is 0. The molecular formula is C15H13F3O3. The highest BCUT2D eigenvalue weighted by atomic mass is 19.4. The highest BCUT2D eigenvalue weighted by Gasteiger charge is 2.30. The van der Waals surface area contributed by atoms with Gasteiger partial charge in [-0.2, -0.15) is 13.2 Å². The Hall–Kier alpha value is -2.11. The number of carbonyl (C=O) groups is 2. The van der Waals surface area contributed by atoms with E-state index in [1.54, 1.807) is 0 Å². The number of ketones is 1. The van der Waals surface area contributed by atoms with Crippen LogP contribution in [0.1, 0.15) is 30.4 Å². The third-order valence-corrected chi connectivity index (χ3v) is 3.16. The third-order valence-electron chi connectivity index (χ3n) is 3.16. The first kappa shape index (κ1) is 15.3. The second-order valence-corrected chi connectivity index (χ2v) is 4.74. The molecule has 2 rings (SSSR count). The number of halogens is 3. The van der Waals surface area contributed by atoms with Gasteiger partial charge in [-0.3, -0.25) is 4.79 Å². The molecule has 1 aromatic rings. The van der Waals surface area contributed by atoms with Crippen molar-refractivity contribution in [2.45, 2.75) is 31.5 Å². The molecule has 0 spiro atoms. The Morgan fingerprint density at radius 2 is 1.90 bits per heavy atom. The minimum absolute atomic E-state index is 0.0914. The van der Waals surface area contributed by atoms with Crippen LogP contribution >= 0.6 is 0 Å². The lowest BCUT2D eigenvalue weighted by Crippen LogP contribution is -2.20. The Balaban J connectivity index is 1.94. The fourth-order valence-corrected chi connectivity index (χ4v) is 2.04. The molecule has 0 saturated heterocycles. The van der Waals surface area contributed by atoms with E-state index in [0.29, 0.717) is 24.8 Å². The number of ether oxygens (including phenoxy) is 1. The molecular weight excluding hydrogens is 285 g/mol. The lowest BCUT2D eigenvalue weighted by Gasteiger charge is -2.07.